The number of ketones is 1. The van der Waals surface area contributed by atoms with Gasteiger partial charge >= 0.3 is 5.97 Å². The van der Waals surface area contributed by atoms with Crippen molar-refractivity contribution in [3.05, 3.63) is 87.5 Å². The number of hydrogen-bond acceptors (Lipinski definition) is 5. The van der Waals surface area contributed by atoms with Gasteiger partial charge in [-0.2, -0.15) is 0 Å². The predicted molar refractivity (Wildman–Crippen MR) is 96.4 cm³/mol. The highest BCUT2D eigenvalue weighted by molar-refractivity contribution is 6.09. The topological polar surface area (TPSA) is 86.5 Å². The number of nitro benzene ring substituents is 1. The SMILES string of the molecule is Cc1ccc(C(=O)OCC(=O)c2cccc3ccccc23)cc1[N+](=O)[O-]. The van der Waals surface area contributed by atoms with Crippen LogP contribution in [0.15, 0.2) is 60.7 Å². The van der Waals surface area contributed by atoms with Crippen molar-refractivity contribution in [2.24, 2.45) is 0 Å². The molecule has 0 heterocycles. The molecule has 0 N–H and O–H groups in total. The summed E-state index contributed by atoms with van der Waals surface area (Å²) < 4.78 is 5.06. The Balaban J connectivity index is 1.76. The zero-order chi connectivity index (χ0) is 18.7. The van der Waals surface area contributed by atoms with Crippen molar-refractivity contribution in [1.82, 2.24) is 0 Å². The van der Waals surface area contributed by atoms with Crippen LogP contribution in [0.2, 0.25) is 0 Å². The van der Waals surface area contributed by atoms with Gasteiger partial charge in [-0.05, 0) is 23.8 Å². The summed E-state index contributed by atoms with van der Waals surface area (Å²) in [6.07, 6.45) is 0. The second-order valence-electron chi connectivity index (χ2n) is 5.78. The number of benzene rings is 3. The van der Waals surface area contributed by atoms with Crippen LogP contribution in [0.4, 0.5) is 5.69 Å². The molecule has 3 rings (SSSR count). The maximum absolute atomic E-state index is 12.4. The van der Waals surface area contributed by atoms with Crippen LogP contribution in [0.3, 0.4) is 0 Å². The highest BCUT2D eigenvalue weighted by Crippen LogP contribution is 2.21. The van der Waals surface area contributed by atoms with Gasteiger partial charge in [0.25, 0.3) is 5.69 Å². The van der Waals surface area contributed by atoms with Crippen LogP contribution in [-0.2, 0) is 4.74 Å². The molecule has 6 nitrogen and oxygen atoms in total. The lowest BCUT2D eigenvalue weighted by Gasteiger charge is -2.07. The van der Waals surface area contributed by atoms with Crippen molar-refractivity contribution in [2.45, 2.75) is 6.92 Å². The molecule has 0 unspecified atom stereocenters. The first kappa shape index (κ1) is 17.3. The zero-order valence-electron chi connectivity index (χ0n) is 14.0. The maximum Gasteiger partial charge on any atom is 0.338 e. The van der Waals surface area contributed by atoms with Crippen molar-refractivity contribution in [3.63, 3.8) is 0 Å². The van der Waals surface area contributed by atoms with Gasteiger partial charge in [-0.15, -0.1) is 0 Å². The Morgan fingerprint density at radius 1 is 1.04 bits per heavy atom. The molecule has 26 heavy (non-hydrogen) atoms. The summed E-state index contributed by atoms with van der Waals surface area (Å²) >= 11 is 0. The molecule has 0 saturated heterocycles. The third-order valence-electron chi connectivity index (χ3n) is 4.07. The van der Waals surface area contributed by atoms with Crippen LogP contribution in [0, 0.1) is 17.0 Å². The molecule has 3 aromatic rings. The fourth-order valence-electron chi connectivity index (χ4n) is 2.69. The van der Waals surface area contributed by atoms with Crippen molar-refractivity contribution >= 4 is 28.2 Å². The molecular formula is C20H15NO5. The minimum absolute atomic E-state index is 0.0352. The first-order valence-electron chi connectivity index (χ1n) is 7.90. The van der Waals surface area contributed by atoms with Gasteiger partial charge in [0, 0.05) is 17.2 Å². The Morgan fingerprint density at radius 3 is 2.54 bits per heavy atom. The number of hydrogen-bond donors (Lipinski definition) is 0. The van der Waals surface area contributed by atoms with Crippen LogP contribution in [0.25, 0.3) is 10.8 Å². The lowest BCUT2D eigenvalue weighted by atomic mass is 10.0. The van der Waals surface area contributed by atoms with E-state index in [1.165, 1.54) is 12.1 Å². The van der Waals surface area contributed by atoms with E-state index in [-0.39, 0.29) is 17.0 Å². The van der Waals surface area contributed by atoms with Gasteiger partial charge in [-0.1, -0.05) is 48.5 Å². The third kappa shape index (κ3) is 3.44. The second kappa shape index (κ2) is 7.14. The van der Waals surface area contributed by atoms with Crippen molar-refractivity contribution in [2.75, 3.05) is 6.61 Å². The van der Waals surface area contributed by atoms with E-state index in [1.54, 1.807) is 19.1 Å². The van der Waals surface area contributed by atoms with E-state index in [2.05, 4.69) is 0 Å². The number of esters is 1. The molecule has 0 fully saturated rings. The van der Waals surface area contributed by atoms with Crippen LogP contribution in [0.5, 0.6) is 0 Å². The first-order valence-corrected chi connectivity index (χ1v) is 7.90. The van der Waals surface area contributed by atoms with Gasteiger partial charge in [-0.25, -0.2) is 4.79 Å². The van der Waals surface area contributed by atoms with Crippen molar-refractivity contribution in [3.8, 4) is 0 Å². The van der Waals surface area contributed by atoms with Gasteiger partial charge < -0.3 is 4.74 Å². The molecule has 0 aliphatic heterocycles. The molecule has 0 atom stereocenters. The Bertz CT molecular complexity index is 1020. The number of Topliss-reactive ketones (excluding diaryl/α,β-unsaturated/α-hetero) is 1. The summed E-state index contributed by atoms with van der Waals surface area (Å²) in [4.78, 5) is 35.0. The van der Waals surface area contributed by atoms with E-state index < -0.39 is 17.5 Å². The third-order valence-corrected chi connectivity index (χ3v) is 4.07. The van der Waals surface area contributed by atoms with Gasteiger partial charge in [0.15, 0.2) is 6.61 Å². The van der Waals surface area contributed by atoms with E-state index in [4.69, 9.17) is 4.74 Å². The monoisotopic (exact) mass is 349 g/mol. The Hall–Kier alpha value is -3.54. The quantitative estimate of drug-likeness (QED) is 0.300. The van der Waals surface area contributed by atoms with E-state index >= 15 is 0 Å². The Labute approximate surface area is 149 Å². The molecule has 0 radical (unpaired) electrons. The molecule has 0 aliphatic rings. The largest absolute Gasteiger partial charge is 0.454 e. The highest BCUT2D eigenvalue weighted by atomic mass is 16.6. The van der Waals surface area contributed by atoms with E-state index in [0.29, 0.717) is 11.1 Å². The number of nitrogens with zero attached hydrogens (tertiary/aromatic N) is 1. The first-order chi connectivity index (χ1) is 12.5. The second-order valence-corrected chi connectivity index (χ2v) is 5.78. The molecule has 6 heteroatoms. The number of ether oxygens (including phenoxy) is 1. The molecule has 0 aliphatic carbocycles. The lowest BCUT2D eigenvalue weighted by Crippen LogP contribution is -2.14. The molecular weight excluding hydrogens is 334 g/mol. The zero-order valence-corrected chi connectivity index (χ0v) is 14.0. The average Bonchev–Trinajstić information content (AvgIpc) is 2.65. The summed E-state index contributed by atoms with van der Waals surface area (Å²) in [6, 6.07) is 16.8. The minimum Gasteiger partial charge on any atom is -0.454 e. The Kier molecular flexibility index (Phi) is 4.75. The molecule has 0 amide bonds. The summed E-state index contributed by atoms with van der Waals surface area (Å²) in [7, 11) is 0. The van der Waals surface area contributed by atoms with E-state index in [9.17, 15) is 19.7 Å². The van der Waals surface area contributed by atoms with Gasteiger partial charge in [-0.3, -0.25) is 14.9 Å². The number of rotatable bonds is 5. The van der Waals surface area contributed by atoms with Crippen molar-refractivity contribution < 1.29 is 19.2 Å². The minimum atomic E-state index is -0.776. The summed E-state index contributed by atoms with van der Waals surface area (Å²) in [5.74, 6) is -1.11. The molecule has 0 bridgehead atoms. The molecule has 130 valence electrons. The van der Waals surface area contributed by atoms with E-state index in [0.717, 1.165) is 16.8 Å². The fraction of sp³-hybridized carbons (Fsp3) is 0.100. The standard InChI is InChI=1S/C20H15NO5/c1-13-9-10-15(11-18(13)21(24)25)20(23)26-12-19(22)17-8-4-6-14-5-2-3-7-16(14)17/h2-11H,12H2,1H3. The van der Waals surface area contributed by atoms with Gasteiger partial charge in [0.05, 0.1) is 10.5 Å². The highest BCUT2D eigenvalue weighted by Gasteiger charge is 2.18. The number of aryl methyl sites for hydroxylation is 1. The fourth-order valence-corrected chi connectivity index (χ4v) is 2.69. The maximum atomic E-state index is 12.4. The predicted octanol–water partition coefficient (Wildman–Crippen LogP) is 4.10. The van der Waals surface area contributed by atoms with Crippen LogP contribution >= 0.6 is 0 Å². The number of carbonyl (C=O) groups excluding carboxylic acids is 2. The summed E-state index contributed by atoms with van der Waals surface area (Å²) in [5, 5.41) is 12.7. The summed E-state index contributed by atoms with van der Waals surface area (Å²) in [5.41, 5.74) is 0.775. The number of nitro groups is 1. The molecule has 0 aromatic heterocycles. The van der Waals surface area contributed by atoms with E-state index in [1.807, 2.05) is 30.3 Å². The lowest BCUT2D eigenvalue weighted by molar-refractivity contribution is -0.385. The van der Waals surface area contributed by atoms with Crippen LogP contribution in [-0.4, -0.2) is 23.3 Å². The normalized spacial score (nSPS) is 10.5. The number of fused-ring (bicyclic) bond motifs is 1. The van der Waals surface area contributed by atoms with Gasteiger partial charge in [0.1, 0.15) is 0 Å². The summed E-state index contributed by atoms with van der Waals surface area (Å²) in [6.45, 7) is 1.14. The van der Waals surface area contributed by atoms with Gasteiger partial charge in [0.2, 0.25) is 5.78 Å². The molecule has 3 aromatic carbocycles. The van der Waals surface area contributed by atoms with Crippen LogP contribution in [0.1, 0.15) is 26.3 Å². The average molecular weight is 349 g/mol. The van der Waals surface area contributed by atoms with Crippen LogP contribution < -0.4 is 0 Å². The smallest absolute Gasteiger partial charge is 0.338 e. The Morgan fingerprint density at radius 2 is 1.77 bits per heavy atom. The number of carbonyl (C=O) groups is 2. The van der Waals surface area contributed by atoms with Crippen molar-refractivity contribution in [1.29, 1.82) is 0 Å². The molecule has 0 spiro atoms. The molecule has 0 saturated carbocycles.